The number of nitrogens with zero attached hydrogens (tertiary/aromatic N) is 3. The Hall–Kier alpha value is -3.63. The molecule has 1 aromatic heterocycles. The highest BCUT2D eigenvalue weighted by atomic mass is 35.5. The number of carboxylic acids is 2. The molecule has 0 saturated carbocycles. The van der Waals surface area contributed by atoms with Crippen molar-refractivity contribution >= 4 is 23.5 Å². The van der Waals surface area contributed by atoms with Crippen molar-refractivity contribution in [2.24, 2.45) is 0 Å². The highest BCUT2D eigenvalue weighted by Gasteiger charge is 2.22. The fraction of sp³-hybridized carbons (Fsp3) is 0.100. The Labute approximate surface area is 165 Å². The highest BCUT2D eigenvalue weighted by molar-refractivity contribution is 6.32. The average molecular weight is 396 g/mol. The van der Waals surface area contributed by atoms with Gasteiger partial charge in [0.05, 0.1) is 22.7 Å². The van der Waals surface area contributed by atoms with Gasteiger partial charge in [-0.1, -0.05) is 29.8 Å². The fourth-order valence-corrected chi connectivity index (χ4v) is 3.11. The van der Waals surface area contributed by atoms with Gasteiger partial charge in [0.25, 0.3) is 0 Å². The van der Waals surface area contributed by atoms with Crippen LogP contribution >= 0.6 is 11.6 Å². The van der Waals surface area contributed by atoms with Gasteiger partial charge in [-0.25, -0.2) is 9.59 Å². The standard InChI is InChI=1S/C20H14ClN3O4/c1-11-17(14-6-7-15(9-22)16(21)8-14)18(20(27)28)23-24(11)10-12-2-4-13(5-3-12)19(25)26/h2-8H,10H2,1H3,(H,25,26)(H,27,28). The highest BCUT2D eigenvalue weighted by Crippen LogP contribution is 2.31. The maximum absolute atomic E-state index is 11.7. The van der Waals surface area contributed by atoms with E-state index in [4.69, 9.17) is 22.0 Å². The third kappa shape index (κ3) is 3.59. The Kier molecular flexibility index (Phi) is 5.16. The maximum Gasteiger partial charge on any atom is 0.357 e. The second kappa shape index (κ2) is 7.55. The fourth-order valence-electron chi connectivity index (χ4n) is 2.88. The minimum Gasteiger partial charge on any atom is -0.478 e. The van der Waals surface area contributed by atoms with Crippen molar-refractivity contribution in [2.45, 2.75) is 13.5 Å². The molecule has 0 unspecified atom stereocenters. The number of carbonyl (C=O) groups is 2. The third-order valence-electron chi connectivity index (χ3n) is 4.32. The lowest BCUT2D eigenvalue weighted by atomic mass is 10.0. The molecule has 0 aliphatic carbocycles. The van der Waals surface area contributed by atoms with Crippen LogP contribution in [-0.2, 0) is 6.54 Å². The summed E-state index contributed by atoms with van der Waals surface area (Å²) in [4.78, 5) is 22.7. The van der Waals surface area contributed by atoms with Crippen LogP contribution in [0.5, 0.6) is 0 Å². The van der Waals surface area contributed by atoms with Crippen LogP contribution in [0.3, 0.4) is 0 Å². The van der Waals surface area contributed by atoms with Crippen LogP contribution in [0, 0.1) is 18.3 Å². The van der Waals surface area contributed by atoms with E-state index in [2.05, 4.69) is 5.10 Å². The zero-order valence-electron chi connectivity index (χ0n) is 14.7. The molecule has 8 heteroatoms. The summed E-state index contributed by atoms with van der Waals surface area (Å²) in [6.07, 6.45) is 0. The quantitative estimate of drug-likeness (QED) is 0.678. The lowest BCUT2D eigenvalue weighted by molar-refractivity contribution is 0.0682. The van der Waals surface area contributed by atoms with Crippen LogP contribution in [0.1, 0.15) is 37.7 Å². The summed E-state index contributed by atoms with van der Waals surface area (Å²) < 4.78 is 1.54. The summed E-state index contributed by atoms with van der Waals surface area (Å²) in [6.45, 7) is 2.02. The Morgan fingerprint density at radius 2 is 1.82 bits per heavy atom. The molecule has 2 aromatic carbocycles. The van der Waals surface area contributed by atoms with Gasteiger partial charge in [0.15, 0.2) is 5.69 Å². The molecule has 1 heterocycles. The molecule has 0 bridgehead atoms. The molecule has 0 aliphatic heterocycles. The third-order valence-corrected chi connectivity index (χ3v) is 4.63. The van der Waals surface area contributed by atoms with Gasteiger partial charge < -0.3 is 10.2 Å². The van der Waals surface area contributed by atoms with Gasteiger partial charge in [0, 0.05) is 11.3 Å². The van der Waals surface area contributed by atoms with Gasteiger partial charge in [0.2, 0.25) is 0 Å². The lowest BCUT2D eigenvalue weighted by Gasteiger charge is -2.07. The van der Waals surface area contributed by atoms with E-state index >= 15 is 0 Å². The first-order valence-corrected chi connectivity index (χ1v) is 8.52. The molecule has 0 amide bonds. The molecule has 3 rings (SSSR count). The predicted molar refractivity (Wildman–Crippen MR) is 102 cm³/mol. The summed E-state index contributed by atoms with van der Waals surface area (Å²) in [5, 5.41) is 32.0. The van der Waals surface area contributed by atoms with E-state index in [1.165, 1.54) is 18.2 Å². The maximum atomic E-state index is 11.7. The Bertz CT molecular complexity index is 1130. The van der Waals surface area contributed by atoms with E-state index in [9.17, 15) is 14.7 Å². The minimum atomic E-state index is -1.18. The first-order chi connectivity index (χ1) is 13.3. The number of halogens is 1. The van der Waals surface area contributed by atoms with Crippen molar-refractivity contribution in [1.82, 2.24) is 9.78 Å². The van der Waals surface area contributed by atoms with E-state index in [1.54, 1.807) is 35.9 Å². The van der Waals surface area contributed by atoms with Gasteiger partial charge in [0.1, 0.15) is 6.07 Å². The zero-order chi connectivity index (χ0) is 20.4. The van der Waals surface area contributed by atoms with Crippen LogP contribution in [0.4, 0.5) is 0 Å². The molecule has 0 aliphatic rings. The summed E-state index contributed by atoms with van der Waals surface area (Å²) >= 11 is 6.10. The van der Waals surface area contributed by atoms with Crippen molar-refractivity contribution in [2.75, 3.05) is 0 Å². The van der Waals surface area contributed by atoms with Gasteiger partial charge in [-0.05, 0) is 42.3 Å². The van der Waals surface area contributed by atoms with Gasteiger partial charge in [-0.2, -0.15) is 10.4 Å². The monoisotopic (exact) mass is 395 g/mol. The molecule has 140 valence electrons. The Morgan fingerprint density at radius 3 is 2.36 bits per heavy atom. The number of hydrogen-bond donors (Lipinski definition) is 2. The first-order valence-electron chi connectivity index (χ1n) is 8.14. The van der Waals surface area contributed by atoms with Crippen molar-refractivity contribution < 1.29 is 19.8 Å². The van der Waals surface area contributed by atoms with Crippen molar-refractivity contribution in [3.8, 4) is 17.2 Å². The van der Waals surface area contributed by atoms with E-state index in [0.717, 1.165) is 5.56 Å². The van der Waals surface area contributed by atoms with E-state index in [-0.39, 0.29) is 22.8 Å². The lowest BCUT2D eigenvalue weighted by Crippen LogP contribution is -2.06. The second-order valence-corrected chi connectivity index (χ2v) is 6.49. The van der Waals surface area contributed by atoms with Crippen LogP contribution in [0.15, 0.2) is 42.5 Å². The minimum absolute atomic E-state index is 0.125. The van der Waals surface area contributed by atoms with E-state index in [0.29, 0.717) is 22.4 Å². The number of aromatic nitrogens is 2. The summed E-state index contributed by atoms with van der Waals surface area (Å²) in [6, 6.07) is 12.9. The number of aromatic carboxylic acids is 2. The molecule has 0 fully saturated rings. The number of carboxylic acid groups (broad SMARTS) is 2. The molecule has 3 aromatic rings. The molecule has 28 heavy (non-hydrogen) atoms. The Morgan fingerprint density at radius 1 is 1.14 bits per heavy atom. The molecule has 0 spiro atoms. The van der Waals surface area contributed by atoms with Gasteiger partial charge in [-0.3, -0.25) is 4.68 Å². The molecule has 0 saturated heterocycles. The van der Waals surface area contributed by atoms with Crippen LogP contribution in [-0.4, -0.2) is 31.9 Å². The second-order valence-electron chi connectivity index (χ2n) is 6.08. The SMILES string of the molecule is Cc1c(-c2ccc(C#N)c(Cl)c2)c(C(=O)O)nn1Cc1ccc(C(=O)O)cc1. The molecular weight excluding hydrogens is 382 g/mol. The van der Waals surface area contributed by atoms with E-state index in [1.807, 2.05) is 6.07 Å². The predicted octanol–water partition coefficient (Wildman–Crippen LogP) is 3.83. The van der Waals surface area contributed by atoms with Crippen molar-refractivity contribution in [1.29, 1.82) is 5.26 Å². The number of nitriles is 1. The average Bonchev–Trinajstić information content (AvgIpc) is 2.98. The normalized spacial score (nSPS) is 10.5. The zero-order valence-corrected chi connectivity index (χ0v) is 15.4. The van der Waals surface area contributed by atoms with Gasteiger partial charge >= 0.3 is 11.9 Å². The molecule has 2 N–H and O–H groups in total. The van der Waals surface area contributed by atoms with Crippen LogP contribution < -0.4 is 0 Å². The number of hydrogen-bond acceptors (Lipinski definition) is 4. The topological polar surface area (TPSA) is 116 Å². The van der Waals surface area contributed by atoms with Crippen molar-refractivity contribution in [3.63, 3.8) is 0 Å². The smallest absolute Gasteiger partial charge is 0.357 e. The largest absolute Gasteiger partial charge is 0.478 e. The summed E-state index contributed by atoms with van der Waals surface area (Å²) in [5.41, 5.74) is 2.69. The van der Waals surface area contributed by atoms with Gasteiger partial charge in [-0.15, -0.1) is 0 Å². The number of benzene rings is 2. The summed E-state index contributed by atoms with van der Waals surface area (Å²) in [7, 11) is 0. The molecule has 0 radical (unpaired) electrons. The van der Waals surface area contributed by atoms with E-state index < -0.39 is 11.9 Å². The van der Waals surface area contributed by atoms with Crippen LogP contribution in [0.25, 0.3) is 11.1 Å². The van der Waals surface area contributed by atoms with Crippen LogP contribution in [0.2, 0.25) is 5.02 Å². The number of rotatable bonds is 5. The molecule has 0 atom stereocenters. The first kappa shape index (κ1) is 19.1. The molecular formula is C20H14ClN3O4. The molecule has 7 nitrogen and oxygen atoms in total. The van der Waals surface area contributed by atoms with Crippen molar-refractivity contribution in [3.05, 3.63) is 75.6 Å². The Balaban J connectivity index is 2.04. The summed E-state index contributed by atoms with van der Waals surface area (Å²) in [5.74, 6) is -2.20.